The van der Waals surface area contributed by atoms with Gasteiger partial charge in [-0.05, 0) is 75.2 Å². The van der Waals surface area contributed by atoms with Crippen molar-refractivity contribution in [1.29, 1.82) is 0 Å². The van der Waals surface area contributed by atoms with E-state index in [1.165, 1.54) is 0 Å². The SMILES string of the molecule is Cc1cc(-c2nc3c(cc2Cl)N2CC[C@@H](C2)N3)ccn1.Cc1cc(-c2nc3c(cc2Cl)N2CC[C@@H](C2)N3C(=O)Nc2ccnc(O[C@H]3CCOC3)n2)ccn1.Nc1ccnc(O[C@H]2CCOC2)n1.S.S.S.S. The highest BCUT2D eigenvalue weighted by atomic mass is 35.5. The minimum atomic E-state index is -0.307. The second kappa shape index (κ2) is 25.1. The minimum Gasteiger partial charge on any atom is -0.458 e. The number of ether oxygens (including phenoxy) is 4. The summed E-state index contributed by atoms with van der Waals surface area (Å²) in [6.45, 7) is 10.1. The molecule has 19 nitrogen and oxygen atoms in total. The normalized spacial score (nSPS) is 19.4. The fraction of sp³-hybridized carbons (Fsp3) is 0.383. The smallest absolute Gasteiger partial charge is 0.329 e. The number of carbonyl (C=O) groups excluding carboxylic acids is 1. The van der Waals surface area contributed by atoms with E-state index in [9.17, 15) is 4.79 Å². The number of rotatable bonds is 7. The first-order valence-electron chi connectivity index (χ1n) is 22.6. The van der Waals surface area contributed by atoms with Crippen molar-refractivity contribution in [3.8, 4) is 34.5 Å². The molecule has 12 heterocycles. The fourth-order valence-corrected chi connectivity index (χ4v) is 9.46. The molecule has 6 aliphatic heterocycles. The molecule has 0 aromatic carbocycles. The molecule has 0 unspecified atom stereocenters. The van der Waals surface area contributed by atoms with E-state index in [0.717, 1.165) is 104 Å². The maximum atomic E-state index is 13.6. The standard InChI is InChI=1S/C24H24ClN7O3.C15H15ClN4.C8H11N3O2.4H2S/c1-14-10-15(2-6-26-14)21-18(25)11-19-22(30-21)32(16-4-8-31(19)12-16)24(33)29-20-3-7-27-23(28-20)35-17-5-9-34-13-17;1-9-6-10(2-4-17-9)14-12(16)7-13-15(19-14)18-11-3-5-20(13)8-11;9-7-1-3-10-8(11-7)13-6-2-4-12-5-6;;;;/h2-3,6-7,10-11,16-17H,4-5,8-9,12-13H2,1H3,(H,27,28,29,33);2,4,6-7,11H,3,5,8H2,1H3,(H,18,19);1,3,6H,2,4-5H2,(H2,9,10,11);4*1H2/t16-,17-;11-;6-;;;;/m000..../s1. The number of carbonyl (C=O) groups is 1. The predicted molar refractivity (Wildman–Crippen MR) is 300 cm³/mol. The van der Waals surface area contributed by atoms with Crippen LogP contribution in [0.5, 0.6) is 12.0 Å². The van der Waals surface area contributed by atoms with Gasteiger partial charge in [0, 0.05) is 92.4 Å². The number of amides is 2. The van der Waals surface area contributed by atoms with Crippen molar-refractivity contribution >= 4 is 118 Å². The first kappa shape index (κ1) is 56.0. The molecular formula is C47H58Cl2N14O5S4. The molecule has 72 heavy (non-hydrogen) atoms. The van der Waals surface area contributed by atoms with Gasteiger partial charge in [-0.3, -0.25) is 20.2 Å². The van der Waals surface area contributed by atoms with Crippen LogP contribution in [0.2, 0.25) is 10.0 Å². The second-order valence-electron chi connectivity index (χ2n) is 17.2. The van der Waals surface area contributed by atoms with E-state index in [-0.39, 0.29) is 84.3 Å². The number of urea groups is 1. The Balaban J connectivity index is 0.000000194. The van der Waals surface area contributed by atoms with Crippen molar-refractivity contribution < 1.29 is 23.7 Å². The van der Waals surface area contributed by atoms with Gasteiger partial charge in [0.05, 0.1) is 65.3 Å². The van der Waals surface area contributed by atoms with Crippen LogP contribution in [0.4, 0.5) is 39.4 Å². The largest absolute Gasteiger partial charge is 0.458 e. The topological polar surface area (TPSA) is 217 Å². The molecule has 4 saturated heterocycles. The third-order valence-electron chi connectivity index (χ3n) is 12.3. The van der Waals surface area contributed by atoms with Gasteiger partial charge in [-0.25, -0.2) is 24.7 Å². The van der Waals surface area contributed by atoms with Gasteiger partial charge in [-0.1, -0.05) is 23.2 Å². The second-order valence-corrected chi connectivity index (χ2v) is 18.0. The van der Waals surface area contributed by atoms with E-state index >= 15 is 0 Å². The number of pyridine rings is 4. The maximum absolute atomic E-state index is 13.6. The Labute approximate surface area is 455 Å². The Morgan fingerprint density at radius 2 is 1.26 bits per heavy atom. The number of nitrogens with one attached hydrogen (secondary N) is 2. The van der Waals surface area contributed by atoms with Crippen LogP contribution in [0.25, 0.3) is 22.5 Å². The van der Waals surface area contributed by atoms with Crippen LogP contribution in [0.3, 0.4) is 0 Å². The van der Waals surface area contributed by atoms with Crippen molar-refractivity contribution in [2.45, 2.75) is 63.8 Å². The highest BCUT2D eigenvalue weighted by Gasteiger charge is 2.41. The Morgan fingerprint density at radius 1 is 0.694 bits per heavy atom. The number of nitrogens with two attached hydrogens (primary N) is 1. The molecule has 6 aromatic heterocycles. The molecule has 6 aliphatic rings. The molecule has 4 fully saturated rings. The molecule has 2 amide bonds. The van der Waals surface area contributed by atoms with Gasteiger partial charge < -0.3 is 39.8 Å². The van der Waals surface area contributed by atoms with Crippen molar-refractivity contribution in [2.75, 3.05) is 83.7 Å². The number of nitrogen functional groups attached to an aromatic ring is 1. The Morgan fingerprint density at radius 3 is 1.88 bits per heavy atom. The number of aromatic nitrogens is 8. The van der Waals surface area contributed by atoms with Crippen molar-refractivity contribution in [3.63, 3.8) is 0 Å². The molecule has 4 atom stereocenters. The van der Waals surface area contributed by atoms with Gasteiger partial charge in [0.25, 0.3) is 0 Å². The van der Waals surface area contributed by atoms with Crippen LogP contribution in [0.15, 0.2) is 73.3 Å². The quantitative estimate of drug-likeness (QED) is 0.141. The Hall–Kier alpha value is -5.27. The third-order valence-corrected chi connectivity index (χ3v) is 12.8. The van der Waals surface area contributed by atoms with Gasteiger partial charge in [0.1, 0.15) is 23.8 Å². The first-order chi connectivity index (χ1) is 33.1. The van der Waals surface area contributed by atoms with Gasteiger partial charge in [0.2, 0.25) is 0 Å². The Bertz CT molecular complexity index is 2820. The predicted octanol–water partition coefficient (Wildman–Crippen LogP) is 7.48. The summed E-state index contributed by atoms with van der Waals surface area (Å²) in [6.07, 6.45) is 10.3. The highest BCUT2D eigenvalue weighted by Crippen LogP contribution is 2.44. The summed E-state index contributed by atoms with van der Waals surface area (Å²) < 4.78 is 21.7. The monoisotopic (exact) mass is 1100 g/mol. The lowest BCUT2D eigenvalue weighted by molar-refractivity contribution is 0.134. The average molecular weight is 1100 g/mol. The lowest BCUT2D eigenvalue weighted by atomic mass is 10.1. The van der Waals surface area contributed by atoms with Crippen molar-refractivity contribution in [1.82, 2.24) is 39.9 Å². The Kier molecular flexibility index (Phi) is 19.5. The molecule has 0 aliphatic carbocycles. The van der Waals surface area contributed by atoms with E-state index in [4.69, 9.17) is 57.9 Å². The van der Waals surface area contributed by atoms with Crippen LogP contribution in [0.1, 0.15) is 37.1 Å². The molecular weight excluding hydrogens is 1040 g/mol. The number of hydrogen-bond acceptors (Lipinski definition) is 17. The molecule has 384 valence electrons. The molecule has 0 spiro atoms. The maximum Gasteiger partial charge on any atom is 0.329 e. The van der Waals surface area contributed by atoms with E-state index in [1.807, 2.05) is 50.2 Å². The lowest BCUT2D eigenvalue weighted by Gasteiger charge is -2.36. The minimum absolute atomic E-state index is 0. The zero-order valence-corrected chi connectivity index (χ0v) is 45.0. The van der Waals surface area contributed by atoms with Crippen molar-refractivity contribution in [2.24, 2.45) is 0 Å². The molecule has 4 bridgehead atoms. The number of hydrogen-bond donors (Lipinski definition) is 3. The van der Waals surface area contributed by atoms with E-state index < -0.39 is 0 Å². The third kappa shape index (κ3) is 12.9. The molecule has 0 saturated carbocycles. The molecule has 4 N–H and O–H groups in total. The average Bonchev–Trinajstić information content (AvgIpc) is 4.18. The summed E-state index contributed by atoms with van der Waals surface area (Å²) in [5, 5.41) is 7.65. The van der Waals surface area contributed by atoms with Crippen LogP contribution >= 0.6 is 77.2 Å². The number of halogens is 2. The number of nitrogens with zero attached hydrogens (tertiary/aromatic N) is 11. The number of anilines is 6. The molecule has 6 aromatic rings. The highest BCUT2D eigenvalue weighted by molar-refractivity contribution is 7.59. The van der Waals surface area contributed by atoms with Crippen LogP contribution in [-0.2, 0) is 9.47 Å². The fourth-order valence-electron chi connectivity index (χ4n) is 8.95. The van der Waals surface area contributed by atoms with Gasteiger partial charge in [0.15, 0.2) is 11.6 Å². The van der Waals surface area contributed by atoms with Gasteiger partial charge in [-0.2, -0.15) is 64.0 Å². The van der Waals surface area contributed by atoms with Gasteiger partial charge >= 0.3 is 18.1 Å². The summed E-state index contributed by atoms with van der Waals surface area (Å²) in [5.74, 6) is 2.31. The first-order valence-corrected chi connectivity index (χ1v) is 23.4. The summed E-state index contributed by atoms with van der Waals surface area (Å²) in [5.41, 5.74) is 12.6. The molecule has 0 radical (unpaired) electrons. The van der Waals surface area contributed by atoms with Crippen LogP contribution < -0.4 is 40.5 Å². The van der Waals surface area contributed by atoms with Crippen LogP contribution in [0, 0.1) is 13.8 Å². The zero-order valence-electron chi connectivity index (χ0n) is 39.5. The van der Waals surface area contributed by atoms with E-state index in [1.54, 1.807) is 41.8 Å². The summed E-state index contributed by atoms with van der Waals surface area (Å²) >= 11 is 13.1. The molecule has 25 heteroatoms. The van der Waals surface area contributed by atoms with Gasteiger partial charge in [-0.15, -0.1) is 0 Å². The van der Waals surface area contributed by atoms with Crippen LogP contribution in [-0.4, -0.2) is 123 Å². The summed E-state index contributed by atoms with van der Waals surface area (Å²) in [4.78, 5) is 54.4. The summed E-state index contributed by atoms with van der Waals surface area (Å²) in [6, 6.07) is 15.7. The summed E-state index contributed by atoms with van der Waals surface area (Å²) in [7, 11) is 0. The lowest BCUT2D eigenvalue weighted by Crippen LogP contribution is -2.48. The number of aryl methyl sites for hydroxylation is 2. The zero-order chi connectivity index (χ0) is 46.7. The van der Waals surface area contributed by atoms with E-state index in [2.05, 4.69) is 50.3 Å². The van der Waals surface area contributed by atoms with E-state index in [0.29, 0.717) is 65.1 Å². The number of fused-ring (bicyclic) bond motifs is 8. The van der Waals surface area contributed by atoms with Crippen molar-refractivity contribution in [3.05, 3.63) is 94.8 Å². The molecule has 12 rings (SSSR count).